The Balaban J connectivity index is 2.07. The molecule has 0 amide bonds. The summed E-state index contributed by atoms with van der Waals surface area (Å²) < 4.78 is 5.88. The summed E-state index contributed by atoms with van der Waals surface area (Å²) >= 11 is 0. The van der Waals surface area contributed by atoms with E-state index in [1.807, 2.05) is 54.6 Å². The summed E-state index contributed by atoms with van der Waals surface area (Å²) in [5.74, 6) is 1.74. The van der Waals surface area contributed by atoms with Crippen LogP contribution in [0.2, 0.25) is 0 Å². The number of rotatable bonds is 6. The lowest BCUT2D eigenvalue weighted by molar-refractivity contribution is 0.484. The summed E-state index contributed by atoms with van der Waals surface area (Å²) in [5.41, 5.74) is 1.05. The highest BCUT2D eigenvalue weighted by Crippen LogP contribution is 2.28. The SMILES string of the molecule is CCCCNc1ccccc1Oc1ccccc1. The Morgan fingerprint density at radius 2 is 1.67 bits per heavy atom. The Hall–Kier alpha value is -1.96. The molecule has 0 fully saturated rings. The first kappa shape index (κ1) is 12.5. The smallest absolute Gasteiger partial charge is 0.150 e. The van der Waals surface area contributed by atoms with Crippen LogP contribution in [0, 0.1) is 0 Å². The van der Waals surface area contributed by atoms with Gasteiger partial charge in [-0.15, -0.1) is 0 Å². The average molecular weight is 241 g/mol. The summed E-state index contributed by atoms with van der Waals surface area (Å²) in [6, 6.07) is 17.9. The lowest BCUT2D eigenvalue weighted by Crippen LogP contribution is -2.02. The minimum Gasteiger partial charge on any atom is -0.455 e. The fraction of sp³-hybridized carbons (Fsp3) is 0.250. The van der Waals surface area contributed by atoms with E-state index in [1.165, 1.54) is 12.8 Å². The second-order valence-electron chi connectivity index (χ2n) is 4.19. The van der Waals surface area contributed by atoms with Crippen molar-refractivity contribution in [2.75, 3.05) is 11.9 Å². The summed E-state index contributed by atoms with van der Waals surface area (Å²) in [6.45, 7) is 3.17. The van der Waals surface area contributed by atoms with Gasteiger partial charge in [0.05, 0.1) is 5.69 Å². The number of nitrogens with one attached hydrogen (secondary N) is 1. The van der Waals surface area contributed by atoms with Crippen molar-refractivity contribution in [3.8, 4) is 11.5 Å². The molecular weight excluding hydrogens is 222 g/mol. The number of para-hydroxylation sites is 3. The van der Waals surface area contributed by atoms with Crippen LogP contribution in [-0.4, -0.2) is 6.54 Å². The topological polar surface area (TPSA) is 21.3 Å². The molecule has 0 aliphatic rings. The van der Waals surface area contributed by atoms with Crippen LogP contribution in [0.1, 0.15) is 19.8 Å². The lowest BCUT2D eigenvalue weighted by atomic mass is 10.2. The van der Waals surface area contributed by atoms with Crippen molar-refractivity contribution in [1.82, 2.24) is 0 Å². The minimum absolute atomic E-state index is 0.863. The zero-order chi connectivity index (χ0) is 12.6. The van der Waals surface area contributed by atoms with E-state index in [0.717, 1.165) is 23.7 Å². The zero-order valence-corrected chi connectivity index (χ0v) is 10.7. The van der Waals surface area contributed by atoms with Gasteiger partial charge in [-0.1, -0.05) is 43.7 Å². The predicted octanol–water partition coefficient (Wildman–Crippen LogP) is 4.69. The standard InChI is InChI=1S/C16H19NO/c1-2-3-13-17-15-11-7-8-12-16(15)18-14-9-5-4-6-10-14/h4-12,17H,2-3,13H2,1H3. The molecular formula is C16H19NO. The van der Waals surface area contributed by atoms with Gasteiger partial charge < -0.3 is 10.1 Å². The van der Waals surface area contributed by atoms with Gasteiger partial charge in [0, 0.05) is 6.54 Å². The molecule has 0 aliphatic heterocycles. The third-order valence-electron chi connectivity index (χ3n) is 2.70. The average Bonchev–Trinajstić information content (AvgIpc) is 2.42. The number of benzene rings is 2. The van der Waals surface area contributed by atoms with E-state index in [-0.39, 0.29) is 0 Å². The highest BCUT2D eigenvalue weighted by Gasteiger charge is 2.02. The van der Waals surface area contributed by atoms with E-state index in [0.29, 0.717) is 0 Å². The first-order valence-corrected chi connectivity index (χ1v) is 6.46. The van der Waals surface area contributed by atoms with Gasteiger partial charge >= 0.3 is 0 Å². The number of hydrogen-bond acceptors (Lipinski definition) is 2. The summed E-state index contributed by atoms with van der Waals surface area (Å²) in [6.07, 6.45) is 2.36. The lowest BCUT2D eigenvalue weighted by Gasteiger charge is -2.12. The third-order valence-corrected chi connectivity index (χ3v) is 2.70. The summed E-state index contributed by atoms with van der Waals surface area (Å²) in [4.78, 5) is 0. The number of anilines is 1. The Kier molecular flexibility index (Phi) is 4.65. The molecule has 18 heavy (non-hydrogen) atoms. The van der Waals surface area contributed by atoms with Gasteiger partial charge in [0.2, 0.25) is 0 Å². The van der Waals surface area contributed by atoms with Gasteiger partial charge in [0.15, 0.2) is 5.75 Å². The molecule has 0 atom stereocenters. The molecule has 0 spiro atoms. The highest BCUT2D eigenvalue weighted by atomic mass is 16.5. The molecule has 2 rings (SSSR count). The van der Waals surface area contributed by atoms with Crippen LogP contribution in [0.25, 0.3) is 0 Å². The quantitative estimate of drug-likeness (QED) is 0.741. The van der Waals surface area contributed by atoms with E-state index in [4.69, 9.17) is 4.74 Å². The van der Waals surface area contributed by atoms with E-state index < -0.39 is 0 Å². The number of ether oxygens (including phenoxy) is 1. The second kappa shape index (κ2) is 6.70. The first-order valence-electron chi connectivity index (χ1n) is 6.46. The zero-order valence-electron chi connectivity index (χ0n) is 10.7. The van der Waals surface area contributed by atoms with Crippen LogP contribution in [0.15, 0.2) is 54.6 Å². The van der Waals surface area contributed by atoms with Gasteiger partial charge in [-0.05, 0) is 30.7 Å². The Morgan fingerprint density at radius 1 is 0.944 bits per heavy atom. The first-order chi connectivity index (χ1) is 8.90. The maximum absolute atomic E-state index is 5.88. The van der Waals surface area contributed by atoms with Crippen LogP contribution in [-0.2, 0) is 0 Å². The van der Waals surface area contributed by atoms with Gasteiger partial charge in [-0.25, -0.2) is 0 Å². The van der Waals surface area contributed by atoms with Crippen molar-refractivity contribution >= 4 is 5.69 Å². The van der Waals surface area contributed by atoms with E-state index in [1.54, 1.807) is 0 Å². The Bertz CT molecular complexity index is 468. The van der Waals surface area contributed by atoms with Crippen LogP contribution >= 0.6 is 0 Å². The third kappa shape index (κ3) is 3.52. The normalized spacial score (nSPS) is 10.1. The molecule has 0 unspecified atom stereocenters. The van der Waals surface area contributed by atoms with Crippen LogP contribution < -0.4 is 10.1 Å². The Morgan fingerprint density at radius 3 is 2.44 bits per heavy atom. The van der Waals surface area contributed by atoms with Crippen molar-refractivity contribution in [3.05, 3.63) is 54.6 Å². The second-order valence-corrected chi connectivity index (χ2v) is 4.19. The summed E-state index contributed by atoms with van der Waals surface area (Å²) in [5, 5.41) is 3.41. The van der Waals surface area contributed by atoms with Crippen molar-refractivity contribution in [2.45, 2.75) is 19.8 Å². The molecule has 0 radical (unpaired) electrons. The molecule has 2 nitrogen and oxygen atoms in total. The van der Waals surface area contributed by atoms with Gasteiger partial charge in [-0.2, -0.15) is 0 Å². The number of hydrogen-bond donors (Lipinski definition) is 1. The van der Waals surface area contributed by atoms with Gasteiger partial charge in [0.25, 0.3) is 0 Å². The van der Waals surface area contributed by atoms with Gasteiger partial charge in [-0.3, -0.25) is 0 Å². The molecule has 94 valence electrons. The van der Waals surface area contributed by atoms with Crippen molar-refractivity contribution in [1.29, 1.82) is 0 Å². The van der Waals surface area contributed by atoms with Crippen LogP contribution in [0.4, 0.5) is 5.69 Å². The molecule has 0 bridgehead atoms. The molecule has 1 N–H and O–H groups in total. The Labute approximate surface area is 109 Å². The largest absolute Gasteiger partial charge is 0.455 e. The summed E-state index contributed by atoms with van der Waals surface area (Å²) in [7, 11) is 0. The van der Waals surface area contributed by atoms with E-state index in [9.17, 15) is 0 Å². The maximum Gasteiger partial charge on any atom is 0.150 e. The van der Waals surface area contributed by atoms with Crippen LogP contribution in [0.3, 0.4) is 0 Å². The van der Waals surface area contributed by atoms with Crippen molar-refractivity contribution in [3.63, 3.8) is 0 Å². The monoisotopic (exact) mass is 241 g/mol. The molecule has 0 heterocycles. The predicted molar refractivity (Wildman–Crippen MR) is 76.4 cm³/mol. The fourth-order valence-electron chi connectivity index (χ4n) is 1.72. The maximum atomic E-state index is 5.88. The highest BCUT2D eigenvalue weighted by molar-refractivity contribution is 5.57. The minimum atomic E-state index is 0.863. The van der Waals surface area contributed by atoms with E-state index >= 15 is 0 Å². The molecule has 0 saturated heterocycles. The van der Waals surface area contributed by atoms with Crippen molar-refractivity contribution < 1.29 is 4.74 Å². The van der Waals surface area contributed by atoms with Gasteiger partial charge in [0.1, 0.15) is 5.75 Å². The molecule has 0 aliphatic carbocycles. The van der Waals surface area contributed by atoms with E-state index in [2.05, 4.69) is 12.2 Å². The molecule has 2 aromatic carbocycles. The molecule has 0 aromatic heterocycles. The van der Waals surface area contributed by atoms with Crippen molar-refractivity contribution in [2.24, 2.45) is 0 Å². The number of unbranched alkanes of at least 4 members (excludes halogenated alkanes) is 1. The molecule has 0 saturated carbocycles. The van der Waals surface area contributed by atoms with Crippen LogP contribution in [0.5, 0.6) is 11.5 Å². The molecule has 2 aromatic rings. The fourth-order valence-corrected chi connectivity index (χ4v) is 1.72. The molecule has 2 heteroatoms.